The first-order valence-corrected chi connectivity index (χ1v) is 10.2. The lowest BCUT2D eigenvalue weighted by Gasteiger charge is -2.27. The fraction of sp³-hybridized carbons (Fsp3) is 0.333. The number of benzene rings is 2. The van der Waals surface area contributed by atoms with E-state index in [0.717, 1.165) is 21.6 Å². The minimum absolute atomic E-state index is 0.411. The van der Waals surface area contributed by atoms with Gasteiger partial charge in [-0.3, -0.25) is 0 Å². The predicted molar refractivity (Wildman–Crippen MR) is 105 cm³/mol. The Hall–Kier alpha value is -0.280. The predicted octanol–water partition coefficient (Wildman–Crippen LogP) is 7.28. The lowest BCUT2D eigenvalue weighted by atomic mass is 10.0. The van der Waals surface area contributed by atoms with E-state index < -0.39 is 0 Å². The number of rotatable bonds is 7. The van der Waals surface area contributed by atoms with Gasteiger partial charge in [0.05, 0.1) is 0 Å². The highest BCUT2D eigenvalue weighted by atomic mass is 35.5. The van der Waals surface area contributed by atoms with Gasteiger partial charge in [0.2, 0.25) is 0 Å². The molecule has 0 aliphatic heterocycles. The molecular weight excluding hydrogens is 351 g/mol. The Balaban J connectivity index is 2.36. The van der Waals surface area contributed by atoms with E-state index in [1.165, 1.54) is 11.1 Å². The topological polar surface area (TPSA) is 0 Å². The fourth-order valence-electron chi connectivity index (χ4n) is 2.38. The average Bonchev–Trinajstić information content (AvgIpc) is 2.53. The van der Waals surface area contributed by atoms with Gasteiger partial charge in [0.15, 0.2) is 0 Å². The first-order chi connectivity index (χ1) is 10.7. The summed E-state index contributed by atoms with van der Waals surface area (Å²) in [4.78, 5) is 0. The summed E-state index contributed by atoms with van der Waals surface area (Å²) >= 11 is 16.1. The van der Waals surface area contributed by atoms with Crippen LogP contribution in [-0.2, 0) is 0 Å². The van der Waals surface area contributed by atoms with Crippen molar-refractivity contribution in [1.82, 2.24) is 0 Å². The number of halogens is 2. The Morgan fingerprint density at radius 1 is 0.682 bits per heavy atom. The average molecular weight is 371 g/mol. The van der Waals surface area contributed by atoms with Gasteiger partial charge in [0.1, 0.15) is 0 Å². The van der Waals surface area contributed by atoms with Gasteiger partial charge in [-0.15, -0.1) is 0 Å². The second-order valence-corrected chi connectivity index (χ2v) is 8.56. The molecule has 0 saturated carbocycles. The zero-order valence-electron chi connectivity index (χ0n) is 12.8. The molecule has 0 aliphatic carbocycles. The molecule has 0 heterocycles. The maximum absolute atomic E-state index is 6.04. The van der Waals surface area contributed by atoms with E-state index in [-0.39, 0.29) is 0 Å². The fourth-order valence-corrected chi connectivity index (χ4v) is 5.19. The highest BCUT2D eigenvalue weighted by molar-refractivity contribution is 8.03. The third-order valence-electron chi connectivity index (χ3n) is 3.36. The van der Waals surface area contributed by atoms with Crippen LogP contribution in [0.2, 0.25) is 10.0 Å². The van der Waals surface area contributed by atoms with Gasteiger partial charge >= 0.3 is 0 Å². The second kappa shape index (κ2) is 9.12. The van der Waals surface area contributed by atoms with Crippen LogP contribution in [0.1, 0.15) is 35.5 Å². The molecule has 0 amide bonds. The second-order valence-electron chi connectivity index (χ2n) is 4.85. The third-order valence-corrected chi connectivity index (χ3v) is 6.51. The van der Waals surface area contributed by atoms with Crippen molar-refractivity contribution in [3.63, 3.8) is 0 Å². The molecule has 0 fully saturated rings. The zero-order valence-corrected chi connectivity index (χ0v) is 15.9. The Morgan fingerprint density at radius 2 is 1.00 bits per heavy atom. The van der Waals surface area contributed by atoms with Crippen LogP contribution in [0.5, 0.6) is 0 Å². The summed E-state index contributed by atoms with van der Waals surface area (Å²) in [7, 11) is 0. The lowest BCUT2D eigenvalue weighted by molar-refractivity contribution is 0.905. The van der Waals surface area contributed by atoms with Gasteiger partial charge in [-0.05, 0) is 46.9 Å². The van der Waals surface area contributed by atoms with Gasteiger partial charge < -0.3 is 0 Å². The van der Waals surface area contributed by atoms with Crippen LogP contribution < -0.4 is 0 Å². The van der Waals surface area contributed by atoms with Gasteiger partial charge in [-0.25, -0.2) is 0 Å². The van der Waals surface area contributed by atoms with E-state index in [2.05, 4.69) is 38.1 Å². The minimum Gasteiger partial charge on any atom is -0.153 e. The van der Waals surface area contributed by atoms with Crippen LogP contribution in [0, 0.1) is 0 Å². The molecule has 0 radical (unpaired) electrons. The van der Waals surface area contributed by atoms with E-state index >= 15 is 0 Å². The van der Waals surface area contributed by atoms with Gasteiger partial charge in [-0.1, -0.05) is 61.3 Å². The minimum atomic E-state index is 0.411. The SMILES string of the molecule is CCS[C@@H](c1ccc(Cl)cc1)[C@@H](SCC)c1ccc(Cl)cc1. The molecule has 22 heavy (non-hydrogen) atoms. The maximum Gasteiger partial charge on any atom is 0.0456 e. The van der Waals surface area contributed by atoms with Gasteiger partial charge in [0.25, 0.3) is 0 Å². The molecule has 118 valence electrons. The van der Waals surface area contributed by atoms with Crippen molar-refractivity contribution >= 4 is 46.7 Å². The largest absolute Gasteiger partial charge is 0.153 e. The van der Waals surface area contributed by atoms with Crippen molar-refractivity contribution in [1.29, 1.82) is 0 Å². The Labute approximate surface area is 152 Å². The van der Waals surface area contributed by atoms with E-state index in [1.54, 1.807) is 0 Å². The quantitative estimate of drug-likeness (QED) is 0.501. The summed E-state index contributed by atoms with van der Waals surface area (Å²) in [6.07, 6.45) is 0. The first kappa shape index (κ1) is 18.1. The summed E-state index contributed by atoms with van der Waals surface area (Å²) in [5.41, 5.74) is 2.66. The van der Waals surface area contributed by atoms with E-state index in [0.29, 0.717) is 10.5 Å². The van der Waals surface area contributed by atoms with Crippen LogP contribution >= 0.6 is 46.7 Å². The summed E-state index contributed by atoms with van der Waals surface area (Å²) in [5, 5.41) is 2.40. The molecule has 0 aromatic heterocycles. The van der Waals surface area contributed by atoms with Gasteiger partial charge in [0, 0.05) is 20.5 Å². The zero-order chi connectivity index (χ0) is 15.9. The van der Waals surface area contributed by atoms with Crippen LogP contribution in [0.15, 0.2) is 48.5 Å². The molecule has 2 aromatic rings. The molecule has 0 unspecified atom stereocenters. The molecule has 0 aliphatic rings. The summed E-state index contributed by atoms with van der Waals surface area (Å²) < 4.78 is 0. The lowest BCUT2D eigenvalue weighted by Crippen LogP contribution is -2.06. The number of thioether (sulfide) groups is 2. The van der Waals surface area contributed by atoms with Crippen molar-refractivity contribution in [2.75, 3.05) is 11.5 Å². The molecule has 4 heteroatoms. The molecule has 0 nitrogen and oxygen atoms in total. The molecule has 0 N–H and O–H groups in total. The molecular formula is C18H20Cl2S2. The highest BCUT2D eigenvalue weighted by Crippen LogP contribution is 2.48. The van der Waals surface area contributed by atoms with Crippen molar-refractivity contribution in [3.8, 4) is 0 Å². The number of hydrogen-bond donors (Lipinski definition) is 0. The molecule has 2 rings (SSSR count). The number of hydrogen-bond acceptors (Lipinski definition) is 2. The van der Waals surface area contributed by atoms with Crippen molar-refractivity contribution < 1.29 is 0 Å². The van der Waals surface area contributed by atoms with Gasteiger partial charge in [-0.2, -0.15) is 23.5 Å². The molecule has 0 saturated heterocycles. The maximum atomic E-state index is 6.04. The highest BCUT2D eigenvalue weighted by Gasteiger charge is 2.25. The Kier molecular flexibility index (Phi) is 7.49. The summed E-state index contributed by atoms with van der Waals surface area (Å²) in [5.74, 6) is 2.17. The van der Waals surface area contributed by atoms with Crippen molar-refractivity contribution in [2.24, 2.45) is 0 Å². The molecule has 2 aromatic carbocycles. The van der Waals surface area contributed by atoms with Crippen LogP contribution in [-0.4, -0.2) is 11.5 Å². The smallest absolute Gasteiger partial charge is 0.0456 e. The standard InChI is InChI=1S/C18H20Cl2S2/c1-3-21-17(13-5-9-15(19)10-6-13)18(22-4-2)14-7-11-16(20)12-8-14/h5-12,17-18H,3-4H2,1-2H3/t17-,18-/m0/s1. The van der Waals surface area contributed by atoms with E-state index in [4.69, 9.17) is 23.2 Å². The van der Waals surface area contributed by atoms with E-state index in [9.17, 15) is 0 Å². The van der Waals surface area contributed by atoms with Crippen LogP contribution in [0.4, 0.5) is 0 Å². The first-order valence-electron chi connectivity index (χ1n) is 7.39. The molecule has 0 bridgehead atoms. The normalized spacial score (nSPS) is 13.8. The van der Waals surface area contributed by atoms with Crippen LogP contribution in [0.3, 0.4) is 0 Å². The molecule has 2 atom stereocenters. The molecule has 0 spiro atoms. The summed E-state index contributed by atoms with van der Waals surface area (Å²) in [6.45, 7) is 4.42. The monoisotopic (exact) mass is 370 g/mol. The Bertz CT molecular complexity index is 513. The van der Waals surface area contributed by atoms with E-state index in [1.807, 2.05) is 47.8 Å². The van der Waals surface area contributed by atoms with Crippen LogP contribution in [0.25, 0.3) is 0 Å². The summed E-state index contributed by atoms with van der Waals surface area (Å²) in [6, 6.07) is 16.5. The van der Waals surface area contributed by atoms with Crippen molar-refractivity contribution in [2.45, 2.75) is 24.3 Å². The third kappa shape index (κ3) is 4.86. The Morgan fingerprint density at radius 3 is 1.27 bits per heavy atom. The van der Waals surface area contributed by atoms with Crippen molar-refractivity contribution in [3.05, 3.63) is 69.7 Å².